The first-order valence-corrected chi connectivity index (χ1v) is 5.75. The second-order valence-corrected chi connectivity index (χ2v) is 3.91. The Labute approximate surface area is 114 Å². The van der Waals surface area contributed by atoms with E-state index in [4.69, 9.17) is 14.6 Å². The van der Waals surface area contributed by atoms with Gasteiger partial charge in [-0.2, -0.15) is 0 Å². The Hall–Kier alpha value is -2.63. The zero-order chi connectivity index (χ0) is 14.5. The molecule has 5 nitrogen and oxygen atoms in total. The monoisotopic (exact) mass is 277 g/mol. The van der Waals surface area contributed by atoms with Gasteiger partial charge in [0.05, 0.1) is 13.3 Å². The fraction of sp³-hybridized carbons (Fsp3) is 0.143. The molecule has 1 N–H and O–H groups in total. The van der Waals surface area contributed by atoms with E-state index in [9.17, 15) is 9.18 Å². The van der Waals surface area contributed by atoms with Gasteiger partial charge in [0.2, 0.25) is 0 Å². The predicted octanol–water partition coefficient (Wildman–Crippen LogP) is 2.51. The van der Waals surface area contributed by atoms with Crippen molar-refractivity contribution in [3.63, 3.8) is 0 Å². The molecule has 0 fully saturated rings. The summed E-state index contributed by atoms with van der Waals surface area (Å²) in [5, 5.41) is 8.83. The summed E-state index contributed by atoms with van der Waals surface area (Å²) in [6, 6.07) is 7.47. The van der Waals surface area contributed by atoms with E-state index in [0.29, 0.717) is 5.56 Å². The molecule has 0 spiro atoms. The maximum atomic E-state index is 13.4. The van der Waals surface area contributed by atoms with E-state index in [1.165, 1.54) is 25.4 Å². The SMILES string of the molecule is COc1cc(C(=O)O)ncc1OCc1ccccc1F. The van der Waals surface area contributed by atoms with Crippen molar-refractivity contribution < 1.29 is 23.8 Å². The lowest BCUT2D eigenvalue weighted by Gasteiger charge is -2.11. The quantitative estimate of drug-likeness (QED) is 0.909. The molecule has 1 aromatic carbocycles. The topological polar surface area (TPSA) is 68.7 Å². The average molecular weight is 277 g/mol. The number of pyridine rings is 1. The summed E-state index contributed by atoms with van der Waals surface area (Å²) in [7, 11) is 1.39. The zero-order valence-electron chi connectivity index (χ0n) is 10.7. The first kappa shape index (κ1) is 13.8. The summed E-state index contributed by atoms with van der Waals surface area (Å²) in [5.41, 5.74) is 0.233. The molecule has 0 amide bonds. The highest BCUT2D eigenvalue weighted by Crippen LogP contribution is 2.27. The highest BCUT2D eigenvalue weighted by Gasteiger charge is 2.12. The number of benzene rings is 1. The standard InChI is InChI=1S/C14H12FNO4/c1-19-12-6-11(14(17)18)16-7-13(12)20-8-9-4-2-3-5-10(9)15/h2-7H,8H2,1H3,(H,17,18). The number of rotatable bonds is 5. The fourth-order valence-corrected chi connectivity index (χ4v) is 1.58. The van der Waals surface area contributed by atoms with Crippen LogP contribution in [0.25, 0.3) is 0 Å². The molecule has 104 valence electrons. The van der Waals surface area contributed by atoms with Crippen LogP contribution in [-0.2, 0) is 6.61 Å². The molecule has 0 aliphatic carbocycles. The van der Waals surface area contributed by atoms with E-state index in [2.05, 4.69) is 4.98 Å². The number of nitrogens with zero attached hydrogens (tertiary/aromatic N) is 1. The van der Waals surface area contributed by atoms with Gasteiger partial charge in [0, 0.05) is 11.6 Å². The average Bonchev–Trinajstić information content (AvgIpc) is 2.46. The molecule has 2 aromatic rings. The number of aromatic carboxylic acids is 1. The van der Waals surface area contributed by atoms with Crippen molar-refractivity contribution in [3.8, 4) is 11.5 Å². The third-order valence-electron chi connectivity index (χ3n) is 2.61. The van der Waals surface area contributed by atoms with Crippen LogP contribution in [-0.4, -0.2) is 23.2 Å². The minimum Gasteiger partial charge on any atom is -0.493 e. The van der Waals surface area contributed by atoms with E-state index < -0.39 is 5.97 Å². The lowest BCUT2D eigenvalue weighted by Crippen LogP contribution is -2.04. The summed E-state index contributed by atoms with van der Waals surface area (Å²) < 4.78 is 23.9. The Morgan fingerprint density at radius 3 is 2.75 bits per heavy atom. The smallest absolute Gasteiger partial charge is 0.354 e. The number of carboxylic acids is 1. The number of carbonyl (C=O) groups is 1. The Bertz CT molecular complexity index is 630. The van der Waals surface area contributed by atoms with Crippen LogP contribution in [0.3, 0.4) is 0 Å². The van der Waals surface area contributed by atoms with Crippen LogP contribution in [0, 0.1) is 5.82 Å². The van der Waals surface area contributed by atoms with Gasteiger partial charge in [0.25, 0.3) is 0 Å². The molecule has 0 saturated carbocycles. The molecule has 0 atom stereocenters. The molecule has 1 heterocycles. The van der Waals surface area contributed by atoms with Crippen LogP contribution in [0.15, 0.2) is 36.5 Å². The van der Waals surface area contributed by atoms with E-state index >= 15 is 0 Å². The molecule has 0 radical (unpaired) electrons. The number of carboxylic acid groups (broad SMARTS) is 1. The molecule has 0 aliphatic heterocycles. The molecular weight excluding hydrogens is 265 g/mol. The van der Waals surface area contributed by atoms with Crippen molar-refractivity contribution >= 4 is 5.97 Å². The number of ether oxygens (including phenoxy) is 2. The van der Waals surface area contributed by atoms with Crippen LogP contribution in [0.2, 0.25) is 0 Å². The van der Waals surface area contributed by atoms with Crippen molar-refractivity contribution in [3.05, 3.63) is 53.6 Å². The Balaban J connectivity index is 2.17. The predicted molar refractivity (Wildman–Crippen MR) is 68.5 cm³/mol. The normalized spacial score (nSPS) is 10.1. The molecule has 20 heavy (non-hydrogen) atoms. The minimum atomic E-state index is -1.16. The van der Waals surface area contributed by atoms with Crippen molar-refractivity contribution in [2.45, 2.75) is 6.61 Å². The Morgan fingerprint density at radius 2 is 2.10 bits per heavy atom. The largest absolute Gasteiger partial charge is 0.493 e. The van der Waals surface area contributed by atoms with Crippen molar-refractivity contribution in [1.29, 1.82) is 0 Å². The summed E-state index contributed by atoms with van der Waals surface area (Å²) in [6.07, 6.45) is 1.24. The van der Waals surface area contributed by atoms with Crippen LogP contribution >= 0.6 is 0 Å². The maximum absolute atomic E-state index is 13.4. The third-order valence-corrected chi connectivity index (χ3v) is 2.61. The fourth-order valence-electron chi connectivity index (χ4n) is 1.58. The maximum Gasteiger partial charge on any atom is 0.354 e. The van der Waals surface area contributed by atoms with Crippen molar-refractivity contribution in [2.75, 3.05) is 7.11 Å². The van der Waals surface area contributed by atoms with Crippen LogP contribution in [0.1, 0.15) is 16.1 Å². The van der Waals surface area contributed by atoms with E-state index in [-0.39, 0.29) is 29.6 Å². The van der Waals surface area contributed by atoms with Gasteiger partial charge in [-0.25, -0.2) is 14.2 Å². The molecule has 6 heteroatoms. The molecule has 0 saturated heterocycles. The van der Waals surface area contributed by atoms with E-state index in [1.54, 1.807) is 18.2 Å². The lowest BCUT2D eigenvalue weighted by molar-refractivity contribution is 0.0690. The number of aromatic nitrogens is 1. The van der Waals surface area contributed by atoms with Crippen LogP contribution < -0.4 is 9.47 Å². The molecule has 2 rings (SSSR count). The van der Waals surface area contributed by atoms with Gasteiger partial charge in [-0.1, -0.05) is 18.2 Å². The van der Waals surface area contributed by atoms with Gasteiger partial charge in [0.15, 0.2) is 17.2 Å². The molecule has 0 aliphatic rings. The molecule has 1 aromatic heterocycles. The van der Waals surface area contributed by atoms with Gasteiger partial charge in [-0.3, -0.25) is 0 Å². The van der Waals surface area contributed by atoms with E-state index in [0.717, 1.165) is 0 Å². The first-order chi connectivity index (χ1) is 9.61. The highest BCUT2D eigenvalue weighted by atomic mass is 19.1. The summed E-state index contributed by atoms with van der Waals surface area (Å²) in [4.78, 5) is 14.5. The van der Waals surface area contributed by atoms with Gasteiger partial charge in [0.1, 0.15) is 12.4 Å². The number of hydrogen-bond donors (Lipinski definition) is 1. The summed E-state index contributed by atoms with van der Waals surface area (Å²) in [5.74, 6) is -1.06. The number of hydrogen-bond acceptors (Lipinski definition) is 4. The second kappa shape index (κ2) is 6.01. The molecule has 0 unspecified atom stereocenters. The van der Waals surface area contributed by atoms with Gasteiger partial charge in [-0.15, -0.1) is 0 Å². The Morgan fingerprint density at radius 1 is 1.35 bits per heavy atom. The highest BCUT2D eigenvalue weighted by molar-refractivity contribution is 5.86. The summed E-state index contributed by atoms with van der Waals surface area (Å²) >= 11 is 0. The van der Waals surface area contributed by atoms with E-state index in [1.807, 2.05) is 0 Å². The molecule has 0 bridgehead atoms. The number of methoxy groups -OCH3 is 1. The Kier molecular flexibility index (Phi) is 4.14. The van der Waals surface area contributed by atoms with Gasteiger partial charge >= 0.3 is 5.97 Å². The minimum absolute atomic E-state index is 0.00285. The second-order valence-electron chi connectivity index (χ2n) is 3.91. The molecular formula is C14H12FNO4. The van der Waals surface area contributed by atoms with Gasteiger partial charge < -0.3 is 14.6 Å². The van der Waals surface area contributed by atoms with Gasteiger partial charge in [-0.05, 0) is 6.07 Å². The van der Waals surface area contributed by atoms with Crippen molar-refractivity contribution in [1.82, 2.24) is 4.98 Å². The summed E-state index contributed by atoms with van der Waals surface area (Å²) in [6.45, 7) is -0.00285. The zero-order valence-corrected chi connectivity index (χ0v) is 10.7. The third kappa shape index (κ3) is 3.03. The first-order valence-electron chi connectivity index (χ1n) is 5.75. The van der Waals surface area contributed by atoms with Crippen LogP contribution in [0.5, 0.6) is 11.5 Å². The number of halogens is 1. The van der Waals surface area contributed by atoms with Crippen LogP contribution in [0.4, 0.5) is 4.39 Å². The van der Waals surface area contributed by atoms with Crippen molar-refractivity contribution in [2.24, 2.45) is 0 Å². The lowest BCUT2D eigenvalue weighted by atomic mass is 10.2.